The van der Waals surface area contributed by atoms with Crippen LogP contribution in [-0.4, -0.2) is 67.7 Å². The van der Waals surface area contributed by atoms with Gasteiger partial charge in [-0.3, -0.25) is 9.69 Å². The van der Waals surface area contributed by atoms with Gasteiger partial charge in [0.1, 0.15) is 0 Å². The zero-order valence-corrected chi connectivity index (χ0v) is 12.7. The Bertz CT molecular complexity index is 302. The van der Waals surface area contributed by atoms with Gasteiger partial charge < -0.3 is 15.0 Å². The molecule has 0 saturated carbocycles. The third-order valence-corrected chi connectivity index (χ3v) is 3.37. The molecule has 0 aromatic carbocycles. The van der Waals surface area contributed by atoms with Crippen LogP contribution in [0.25, 0.3) is 0 Å². The molecule has 1 N–H and O–H groups in total. The molecule has 1 heterocycles. The lowest BCUT2D eigenvalue weighted by Crippen LogP contribution is -2.51. The van der Waals surface area contributed by atoms with Gasteiger partial charge in [0, 0.05) is 32.7 Å². The summed E-state index contributed by atoms with van der Waals surface area (Å²) in [6.45, 7) is 8.23. The van der Waals surface area contributed by atoms with Crippen molar-refractivity contribution < 1.29 is 14.3 Å². The number of unbranched alkanes of at least 4 members (excludes halogenated alkanes) is 2. The average molecular weight is 285 g/mol. The van der Waals surface area contributed by atoms with Crippen LogP contribution in [0.4, 0.5) is 4.79 Å². The van der Waals surface area contributed by atoms with Crippen molar-refractivity contribution in [2.45, 2.75) is 33.1 Å². The topological polar surface area (TPSA) is 61.9 Å². The first-order valence-electron chi connectivity index (χ1n) is 7.58. The largest absolute Gasteiger partial charge is 0.450 e. The molecule has 0 aromatic rings. The summed E-state index contributed by atoms with van der Waals surface area (Å²) < 4.78 is 4.96. The maximum Gasteiger partial charge on any atom is 0.409 e. The Hall–Kier alpha value is -1.30. The molecule has 0 unspecified atom stereocenters. The van der Waals surface area contributed by atoms with Crippen molar-refractivity contribution in [3.05, 3.63) is 0 Å². The first kappa shape index (κ1) is 16.8. The monoisotopic (exact) mass is 285 g/mol. The van der Waals surface area contributed by atoms with Crippen molar-refractivity contribution in [3.63, 3.8) is 0 Å². The maximum absolute atomic E-state index is 11.7. The molecular weight excluding hydrogens is 258 g/mol. The van der Waals surface area contributed by atoms with Gasteiger partial charge in [0.2, 0.25) is 5.91 Å². The molecule has 116 valence electrons. The third-order valence-electron chi connectivity index (χ3n) is 3.37. The molecule has 1 fully saturated rings. The second kappa shape index (κ2) is 9.58. The second-order valence-electron chi connectivity index (χ2n) is 5.02. The Morgan fingerprint density at radius 1 is 1.10 bits per heavy atom. The summed E-state index contributed by atoms with van der Waals surface area (Å²) in [7, 11) is 0. The van der Waals surface area contributed by atoms with E-state index in [1.54, 1.807) is 11.8 Å². The molecule has 6 heteroatoms. The number of nitrogens with one attached hydrogen (secondary N) is 1. The summed E-state index contributed by atoms with van der Waals surface area (Å²) in [5.41, 5.74) is 0. The molecule has 2 amide bonds. The Balaban J connectivity index is 2.15. The van der Waals surface area contributed by atoms with Gasteiger partial charge in [-0.2, -0.15) is 0 Å². The number of ether oxygens (including phenoxy) is 1. The van der Waals surface area contributed by atoms with Crippen molar-refractivity contribution in [1.82, 2.24) is 15.1 Å². The maximum atomic E-state index is 11.7. The number of nitrogens with zero attached hydrogens (tertiary/aromatic N) is 2. The quantitative estimate of drug-likeness (QED) is 0.711. The summed E-state index contributed by atoms with van der Waals surface area (Å²) in [6.07, 6.45) is 3.10. The normalized spacial score (nSPS) is 16.0. The summed E-state index contributed by atoms with van der Waals surface area (Å²) in [4.78, 5) is 27.0. The highest BCUT2D eigenvalue weighted by Crippen LogP contribution is 2.03. The first-order chi connectivity index (χ1) is 9.67. The van der Waals surface area contributed by atoms with E-state index in [4.69, 9.17) is 4.74 Å². The van der Waals surface area contributed by atoms with Gasteiger partial charge in [0.25, 0.3) is 0 Å². The molecule has 0 spiro atoms. The van der Waals surface area contributed by atoms with Gasteiger partial charge in [0.15, 0.2) is 0 Å². The highest BCUT2D eigenvalue weighted by atomic mass is 16.6. The van der Waals surface area contributed by atoms with Gasteiger partial charge in [-0.05, 0) is 13.3 Å². The number of hydrogen-bond donors (Lipinski definition) is 1. The van der Waals surface area contributed by atoms with E-state index in [0.717, 1.165) is 38.9 Å². The minimum Gasteiger partial charge on any atom is -0.450 e. The number of rotatable bonds is 7. The second-order valence-corrected chi connectivity index (χ2v) is 5.02. The van der Waals surface area contributed by atoms with Gasteiger partial charge in [-0.15, -0.1) is 0 Å². The Labute approximate surface area is 121 Å². The molecule has 1 aliphatic rings. The fourth-order valence-corrected chi connectivity index (χ4v) is 2.17. The highest BCUT2D eigenvalue weighted by molar-refractivity contribution is 5.78. The molecular formula is C14H27N3O3. The highest BCUT2D eigenvalue weighted by Gasteiger charge is 2.22. The van der Waals surface area contributed by atoms with E-state index in [0.29, 0.717) is 26.2 Å². The van der Waals surface area contributed by atoms with Gasteiger partial charge in [-0.1, -0.05) is 19.8 Å². The van der Waals surface area contributed by atoms with E-state index in [1.807, 2.05) is 0 Å². The number of carbonyl (C=O) groups excluding carboxylic acids is 2. The fourth-order valence-electron chi connectivity index (χ4n) is 2.17. The standard InChI is InChI=1S/C14H27N3O3/c1-3-5-6-7-15-13(18)12-16-8-10-17(11-9-16)14(19)20-4-2/h3-12H2,1-2H3,(H,15,18). The van der Waals surface area contributed by atoms with Crippen LogP contribution in [0, 0.1) is 0 Å². The number of hydrogen-bond acceptors (Lipinski definition) is 4. The molecule has 1 saturated heterocycles. The van der Waals surface area contributed by atoms with Crippen LogP contribution in [-0.2, 0) is 9.53 Å². The van der Waals surface area contributed by atoms with Crippen molar-refractivity contribution in [2.24, 2.45) is 0 Å². The smallest absolute Gasteiger partial charge is 0.409 e. The van der Waals surface area contributed by atoms with Gasteiger partial charge in [-0.25, -0.2) is 4.79 Å². The summed E-state index contributed by atoms with van der Waals surface area (Å²) in [5, 5.41) is 2.93. The van der Waals surface area contributed by atoms with Crippen LogP contribution < -0.4 is 5.32 Å². The first-order valence-corrected chi connectivity index (χ1v) is 7.58. The lowest BCUT2D eigenvalue weighted by Gasteiger charge is -2.33. The summed E-state index contributed by atoms with van der Waals surface area (Å²) in [5.74, 6) is 0.0747. The van der Waals surface area contributed by atoms with E-state index in [-0.39, 0.29) is 12.0 Å². The number of amides is 2. The predicted molar refractivity (Wildman–Crippen MR) is 77.6 cm³/mol. The lowest BCUT2D eigenvalue weighted by atomic mass is 10.2. The van der Waals surface area contributed by atoms with E-state index in [2.05, 4.69) is 17.1 Å². The number of carbonyl (C=O) groups is 2. The average Bonchev–Trinajstić information content (AvgIpc) is 2.45. The van der Waals surface area contributed by atoms with E-state index < -0.39 is 0 Å². The Kier molecular flexibility index (Phi) is 8.02. The van der Waals surface area contributed by atoms with Gasteiger partial charge in [0.05, 0.1) is 13.2 Å². The molecule has 0 atom stereocenters. The molecule has 0 bridgehead atoms. The van der Waals surface area contributed by atoms with E-state index in [9.17, 15) is 9.59 Å². The van der Waals surface area contributed by atoms with Crippen LogP contribution in [0.2, 0.25) is 0 Å². The minimum atomic E-state index is -0.254. The van der Waals surface area contributed by atoms with Gasteiger partial charge >= 0.3 is 6.09 Å². The molecule has 6 nitrogen and oxygen atoms in total. The minimum absolute atomic E-state index is 0.0747. The molecule has 0 aliphatic carbocycles. The van der Waals surface area contributed by atoms with Crippen molar-refractivity contribution in [3.8, 4) is 0 Å². The van der Waals surface area contributed by atoms with Crippen molar-refractivity contribution >= 4 is 12.0 Å². The van der Waals surface area contributed by atoms with Crippen LogP contribution in [0.1, 0.15) is 33.1 Å². The molecule has 20 heavy (non-hydrogen) atoms. The molecule has 0 aromatic heterocycles. The lowest BCUT2D eigenvalue weighted by molar-refractivity contribution is -0.122. The van der Waals surface area contributed by atoms with Crippen LogP contribution in [0.15, 0.2) is 0 Å². The summed E-state index contributed by atoms with van der Waals surface area (Å²) >= 11 is 0. The van der Waals surface area contributed by atoms with Crippen molar-refractivity contribution in [2.75, 3.05) is 45.9 Å². The molecule has 1 aliphatic heterocycles. The third kappa shape index (κ3) is 6.23. The van der Waals surface area contributed by atoms with Crippen LogP contribution in [0.3, 0.4) is 0 Å². The van der Waals surface area contributed by atoms with Crippen LogP contribution in [0.5, 0.6) is 0 Å². The van der Waals surface area contributed by atoms with Crippen LogP contribution >= 0.6 is 0 Å². The zero-order chi connectivity index (χ0) is 14.8. The molecule has 1 rings (SSSR count). The van der Waals surface area contributed by atoms with Crippen molar-refractivity contribution in [1.29, 1.82) is 0 Å². The predicted octanol–water partition coefficient (Wildman–Crippen LogP) is 1.07. The fraction of sp³-hybridized carbons (Fsp3) is 0.857. The zero-order valence-electron chi connectivity index (χ0n) is 12.7. The Morgan fingerprint density at radius 2 is 1.80 bits per heavy atom. The Morgan fingerprint density at radius 3 is 2.40 bits per heavy atom. The summed E-state index contributed by atoms with van der Waals surface area (Å²) in [6, 6.07) is 0. The SMILES string of the molecule is CCCCCNC(=O)CN1CCN(C(=O)OCC)CC1. The van der Waals surface area contributed by atoms with E-state index >= 15 is 0 Å². The van der Waals surface area contributed by atoms with E-state index in [1.165, 1.54) is 0 Å². The number of piperazine rings is 1. The molecule has 0 radical (unpaired) electrons.